The van der Waals surface area contributed by atoms with Crippen LogP contribution in [0.4, 0.5) is 0 Å². The number of hydrogen-bond acceptors (Lipinski definition) is 6. The second-order valence-corrected chi connectivity index (χ2v) is 9.15. The standard InChI is InChI=1S/C28H28N2O4S/c1-4-5-18-34-22-16-14-21(15-17-22)25-24(27(32)33-3)19(2)29-28-30(25)26(31)23(35-28)13-9-12-20-10-7-6-8-11-20/h6-17,25H,4-5,18H2,1-3H3/b12-9+,23-13-. The minimum atomic E-state index is -0.636. The number of fused-ring (bicyclic) bond motifs is 1. The van der Waals surface area contributed by atoms with Crippen LogP contribution in [-0.2, 0) is 9.53 Å². The number of unbranched alkanes of at least 4 members (excludes halogenated alkanes) is 1. The first kappa shape index (κ1) is 24.4. The van der Waals surface area contributed by atoms with E-state index in [9.17, 15) is 9.59 Å². The number of ether oxygens (including phenoxy) is 2. The lowest BCUT2D eigenvalue weighted by Crippen LogP contribution is -2.39. The van der Waals surface area contributed by atoms with E-state index in [-0.39, 0.29) is 5.56 Å². The Balaban J connectivity index is 1.77. The van der Waals surface area contributed by atoms with E-state index < -0.39 is 12.0 Å². The quantitative estimate of drug-likeness (QED) is 0.351. The summed E-state index contributed by atoms with van der Waals surface area (Å²) in [6.07, 6.45) is 7.62. The van der Waals surface area contributed by atoms with E-state index >= 15 is 0 Å². The van der Waals surface area contributed by atoms with Crippen LogP contribution >= 0.6 is 11.3 Å². The molecule has 4 rings (SSSR count). The van der Waals surface area contributed by atoms with E-state index in [1.807, 2.05) is 66.7 Å². The molecule has 35 heavy (non-hydrogen) atoms. The van der Waals surface area contributed by atoms with E-state index in [0.29, 0.717) is 27.2 Å². The maximum absolute atomic E-state index is 13.5. The Labute approximate surface area is 208 Å². The highest BCUT2D eigenvalue weighted by molar-refractivity contribution is 7.07. The Hall–Kier alpha value is -3.71. The molecule has 7 heteroatoms. The number of esters is 1. The van der Waals surface area contributed by atoms with Gasteiger partial charge in [-0.25, -0.2) is 9.79 Å². The van der Waals surface area contributed by atoms with Gasteiger partial charge < -0.3 is 9.47 Å². The first-order valence-electron chi connectivity index (χ1n) is 11.6. The molecule has 0 aliphatic carbocycles. The number of methoxy groups -OCH3 is 1. The van der Waals surface area contributed by atoms with Gasteiger partial charge in [-0.1, -0.05) is 79.3 Å². The van der Waals surface area contributed by atoms with E-state index in [1.165, 1.54) is 18.4 Å². The molecule has 180 valence electrons. The molecule has 0 bridgehead atoms. The minimum Gasteiger partial charge on any atom is -0.494 e. The molecule has 0 saturated carbocycles. The van der Waals surface area contributed by atoms with E-state index in [0.717, 1.165) is 29.7 Å². The fourth-order valence-electron chi connectivity index (χ4n) is 3.91. The van der Waals surface area contributed by atoms with Crippen molar-refractivity contribution < 1.29 is 14.3 Å². The number of aromatic nitrogens is 1. The average molecular weight is 489 g/mol. The number of allylic oxidation sites excluding steroid dienone is 2. The van der Waals surface area contributed by atoms with Gasteiger partial charge in [-0.15, -0.1) is 0 Å². The lowest BCUT2D eigenvalue weighted by molar-refractivity contribution is -0.136. The van der Waals surface area contributed by atoms with Crippen molar-refractivity contribution in [3.05, 3.63) is 103 Å². The first-order chi connectivity index (χ1) is 17.0. The van der Waals surface area contributed by atoms with Crippen LogP contribution in [0, 0.1) is 0 Å². The number of benzene rings is 2. The third kappa shape index (κ3) is 5.35. The highest BCUT2D eigenvalue weighted by Crippen LogP contribution is 2.31. The van der Waals surface area contributed by atoms with Crippen molar-refractivity contribution in [3.8, 4) is 5.75 Å². The van der Waals surface area contributed by atoms with Crippen LogP contribution in [-0.4, -0.2) is 24.3 Å². The highest BCUT2D eigenvalue weighted by atomic mass is 32.1. The molecule has 1 unspecified atom stereocenters. The van der Waals surface area contributed by atoms with E-state index in [1.54, 1.807) is 17.6 Å². The summed E-state index contributed by atoms with van der Waals surface area (Å²) in [5, 5.41) is 0. The van der Waals surface area contributed by atoms with Gasteiger partial charge in [0.2, 0.25) is 0 Å². The van der Waals surface area contributed by atoms with Crippen LogP contribution in [0.25, 0.3) is 12.2 Å². The number of carbonyl (C=O) groups excluding carboxylic acids is 1. The molecule has 0 saturated heterocycles. The topological polar surface area (TPSA) is 69.9 Å². The summed E-state index contributed by atoms with van der Waals surface area (Å²) in [5.74, 6) is 0.249. The molecule has 1 atom stereocenters. The molecule has 1 aliphatic rings. The van der Waals surface area contributed by atoms with Crippen molar-refractivity contribution >= 4 is 29.5 Å². The Morgan fingerprint density at radius 3 is 2.57 bits per heavy atom. The van der Waals surface area contributed by atoms with Crippen LogP contribution in [0.2, 0.25) is 0 Å². The number of thiazole rings is 1. The van der Waals surface area contributed by atoms with E-state index in [2.05, 4.69) is 11.9 Å². The fourth-order valence-corrected chi connectivity index (χ4v) is 4.91. The Bertz CT molecular complexity index is 1430. The Morgan fingerprint density at radius 1 is 1.14 bits per heavy atom. The van der Waals surface area contributed by atoms with E-state index in [4.69, 9.17) is 9.47 Å². The van der Waals surface area contributed by atoms with Crippen molar-refractivity contribution in [2.24, 2.45) is 4.99 Å². The van der Waals surface area contributed by atoms with Gasteiger partial charge in [0.25, 0.3) is 5.56 Å². The molecule has 1 aromatic heterocycles. The summed E-state index contributed by atoms with van der Waals surface area (Å²) in [6.45, 7) is 4.53. The monoisotopic (exact) mass is 488 g/mol. The summed E-state index contributed by atoms with van der Waals surface area (Å²) < 4.78 is 13.0. The third-order valence-corrected chi connectivity index (χ3v) is 6.73. The Morgan fingerprint density at radius 2 is 1.89 bits per heavy atom. The predicted octanol–water partition coefficient (Wildman–Crippen LogP) is 4.25. The van der Waals surface area contributed by atoms with Gasteiger partial charge in [-0.2, -0.15) is 0 Å². The summed E-state index contributed by atoms with van der Waals surface area (Å²) in [6, 6.07) is 16.8. The molecule has 0 spiro atoms. The predicted molar refractivity (Wildman–Crippen MR) is 139 cm³/mol. The van der Waals surface area contributed by atoms with Crippen LogP contribution in [0.5, 0.6) is 5.75 Å². The molecular weight excluding hydrogens is 460 g/mol. The zero-order valence-corrected chi connectivity index (χ0v) is 20.9. The Kier molecular flexibility index (Phi) is 7.77. The largest absolute Gasteiger partial charge is 0.494 e. The molecule has 2 heterocycles. The number of nitrogens with zero attached hydrogens (tertiary/aromatic N) is 2. The van der Waals surface area contributed by atoms with Crippen LogP contribution in [0.3, 0.4) is 0 Å². The summed E-state index contributed by atoms with van der Waals surface area (Å²) >= 11 is 1.30. The zero-order chi connectivity index (χ0) is 24.8. The van der Waals surface area contributed by atoms with Gasteiger partial charge in [0, 0.05) is 0 Å². The van der Waals surface area contributed by atoms with Crippen LogP contribution in [0.15, 0.2) is 81.7 Å². The van der Waals surface area contributed by atoms with Crippen molar-refractivity contribution in [3.63, 3.8) is 0 Å². The molecule has 2 aromatic carbocycles. The minimum absolute atomic E-state index is 0.200. The van der Waals surface area contributed by atoms with Crippen molar-refractivity contribution in [2.45, 2.75) is 32.7 Å². The zero-order valence-electron chi connectivity index (χ0n) is 20.1. The van der Waals surface area contributed by atoms with Gasteiger partial charge in [0.1, 0.15) is 5.75 Å². The van der Waals surface area contributed by atoms with Gasteiger partial charge in [-0.3, -0.25) is 9.36 Å². The van der Waals surface area contributed by atoms with Gasteiger partial charge in [0.05, 0.1) is 35.6 Å². The van der Waals surface area contributed by atoms with Crippen LogP contribution in [0.1, 0.15) is 43.9 Å². The normalized spacial score (nSPS) is 15.7. The summed E-state index contributed by atoms with van der Waals surface area (Å²) in [7, 11) is 1.34. The van der Waals surface area contributed by atoms with Gasteiger partial charge in [0.15, 0.2) is 4.80 Å². The maximum atomic E-state index is 13.5. The average Bonchev–Trinajstić information content (AvgIpc) is 3.18. The number of hydrogen-bond donors (Lipinski definition) is 0. The van der Waals surface area contributed by atoms with Gasteiger partial charge >= 0.3 is 5.97 Å². The SMILES string of the molecule is CCCCOc1ccc(C2C(C(=O)OC)=C(C)N=c3s/c(=C\C=C\c4ccccc4)c(=O)n32)cc1. The molecule has 3 aromatic rings. The van der Waals surface area contributed by atoms with Crippen molar-refractivity contribution in [2.75, 3.05) is 13.7 Å². The molecule has 0 amide bonds. The number of rotatable bonds is 8. The first-order valence-corrected chi connectivity index (χ1v) is 12.4. The second kappa shape index (κ2) is 11.1. The molecule has 0 radical (unpaired) electrons. The molecule has 0 N–H and O–H groups in total. The molecule has 1 aliphatic heterocycles. The molecule has 6 nitrogen and oxygen atoms in total. The number of carbonyl (C=O) groups is 1. The highest BCUT2D eigenvalue weighted by Gasteiger charge is 2.33. The lowest BCUT2D eigenvalue weighted by atomic mass is 9.96. The summed E-state index contributed by atoms with van der Waals surface area (Å²) in [4.78, 5) is 31.4. The van der Waals surface area contributed by atoms with Gasteiger partial charge in [-0.05, 0) is 42.7 Å². The second-order valence-electron chi connectivity index (χ2n) is 8.14. The third-order valence-electron chi connectivity index (χ3n) is 5.73. The maximum Gasteiger partial charge on any atom is 0.338 e. The van der Waals surface area contributed by atoms with Crippen molar-refractivity contribution in [1.29, 1.82) is 0 Å². The molecule has 0 fully saturated rings. The van der Waals surface area contributed by atoms with Crippen LogP contribution < -0.4 is 19.6 Å². The lowest BCUT2D eigenvalue weighted by Gasteiger charge is -2.24. The molecular formula is C28H28N2O4S. The van der Waals surface area contributed by atoms with Crippen molar-refractivity contribution in [1.82, 2.24) is 4.57 Å². The summed E-state index contributed by atoms with van der Waals surface area (Å²) in [5.41, 5.74) is 2.52. The fraction of sp³-hybridized carbons (Fsp3) is 0.250. The smallest absolute Gasteiger partial charge is 0.338 e.